The van der Waals surface area contributed by atoms with Crippen LogP contribution in [-0.4, -0.2) is 33.1 Å². The molecule has 1 aliphatic carbocycles. The lowest BCUT2D eigenvalue weighted by molar-refractivity contribution is 0.212. The first-order chi connectivity index (χ1) is 16.0. The van der Waals surface area contributed by atoms with Crippen molar-refractivity contribution in [2.45, 2.75) is 64.0 Å². The molecule has 0 bridgehead atoms. The Kier molecular flexibility index (Phi) is 6.02. The molecule has 5 rings (SSSR count). The maximum atomic E-state index is 6.61. The van der Waals surface area contributed by atoms with Crippen molar-refractivity contribution in [1.29, 1.82) is 0 Å². The molecule has 1 aromatic carbocycles. The second kappa shape index (κ2) is 9.10. The van der Waals surface area contributed by atoms with Gasteiger partial charge in [-0.15, -0.1) is 0 Å². The van der Waals surface area contributed by atoms with Crippen molar-refractivity contribution >= 4 is 17.6 Å². The molecule has 1 saturated carbocycles. The van der Waals surface area contributed by atoms with Crippen LogP contribution in [0.15, 0.2) is 54.7 Å². The van der Waals surface area contributed by atoms with Crippen molar-refractivity contribution in [3.05, 3.63) is 60.3 Å². The standard InChI is InChI=1S/C27H34N6/c1-19(2)27(28)15-12-22(13-16-27)30-26-29-17-14-24(32-26)33-18-6-9-21-10-11-23(31-25(21)33)20-7-4-3-5-8-20/h3-5,7-8,10-11,14,17,19,22H,6,9,12-13,15-16,18,28H2,1-2H3,(H,29,30,32). The molecule has 0 radical (unpaired) electrons. The van der Waals surface area contributed by atoms with E-state index < -0.39 is 0 Å². The van der Waals surface area contributed by atoms with Gasteiger partial charge >= 0.3 is 0 Å². The Labute approximate surface area is 196 Å². The lowest BCUT2D eigenvalue weighted by atomic mass is 9.73. The fourth-order valence-electron chi connectivity index (χ4n) is 5.06. The molecule has 6 nitrogen and oxygen atoms in total. The quantitative estimate of drug-likeness (QED) is 0.556. The van der Waals surface area contributed by atoms with Gasteiger partial charge in [0.05, 0.1) is 5.69 Å². The third-order valence-electron chi connectivity index (χ3n) is 7.43. The highest BCUT2D eigenvalue weighted by molar-refractivity contribution is 5.68. The van der Waals surface area contributed by atoms with Crippen molar-refractivity contribution in [2.75, 3.05) is 16.8 Å². The van der Waals surface area contributed by atoms with Crippen molar-refractivity contribution in [1.82, 2.24) is 15.0 Å². The largest absolute Gasteiger partial charge is 0.351 e. The third kappa shape index (κ3) is 4.58. The second-order valence-corrected chi connectivity index (χ2v) is 9.85. The summed E-state index contributed by atoms with van der Waals surface area (Å²) < 4.78 is 0. The fraction of sp³-hybridized carbons (Fsp3) is 0.444. The number of hydrogen-bond acceptors (Lipinski definition) is 6. The number of benzene rings is 1. The van der Waals surface area contributed by atoms with Gasteiger partial charge in [-0.3, -0.25) is 0 Å². The predicted octanol–water partition coefficient (Wildman–Crippen LogP) is 5.33. The van der Waals surface area contributed by atoms with E-state index in [1.54, 1.807) is 0 Å². The van der Waals surface area contributed by atoms with E-state index >= 15 is 0 Å². The van der Waals surface area contributed by atoms with Crippen LogP contribution in [-0.2, 0) is 6.42 Å². The summed E-state index contributed by atoms with van der Waals surface area (Å²) in [5, 5.41) is 3.57. The van der Waals surface area contributed by atoms with E-state index in [4.69, 9.17) is 15.7 Å². The molecule has 0 amide bonds. The van der Waals surface area contributed by atoms with Gasteiger partial charge in [0.1, 0.15) is 11.6 Å². The number of fused-ring (bicyclic) bond motifs is 1. The summed E-state index contributed by atoms with van der Waals surface area (Å²) in [7, 11) is 0. The average molecular weight is 443 g/mol. The number of nitrogens with one attached hydrogen (secondary N) is 1. The zero-order chi connectivity index (χ0) is 22.8. The van der Waals surface area contributed by atoms with Gasteiger partial charge in [0, 0.05) is 29.9 Å². The molecular formula is C27H34N6. The Morgan fingerprint density at radius 1 is 1.03 bits per heavy atom. The van der Waals surface area contributed by atoms with Gasteiger partial charge in [-0.05, 0) is 62.1 Å². The molecule has 1 aliphatic heterocycles. The van der Waals surface area contributed by atoms with E-state index in [1.807, 2.05) is 18.3 Å². The summed E-state index contributed by atoms with van der Waals surface area (Å²) in [5.74, 6) is 3.11. The van der Waals surface area contributed by atoms with Crippen LogP contribution < -0.4 is 16.0 Å². The van der Waals surface area contributed by atoms with Crippen LogP contribution >= 0.6 is 0 Å². The number of rotatable bonds is 5. The Morgan fingerprint density at radius 3 is 2.58 bits per heavy atom. The van der Waals surface area contributed by atoms with E-state index in [-0.39, 0.29) is 5.54 Å². The maximum Gasteiger partial charge on any atom is 0.224 e. The van der Waals surface area contributed by atoms with Gasteiger partial charge in [-0.1, -0.05) is 50.2 Å². The van der Waals surface area contributed by atoms with Crippen LogP contribution in [0.25, 0.3) is 11.3 Å². The summed E-state index contributed by atoms with van der Waals surface area (Å²) in [6, 6.07) is 17.0. The first-order valence-electron chi connectivity index (χ1n) is 12.2. The SMILES string of the molecule is CC(C)C1(N)CCC(Nc2nccc(N3CCCc4ccc(-c5ccccc5)nc43)n2)CC1. The van der Waals surface area contributed by atoms with Crippen LogP contribution in [0.2, 0.25) is 0 Å². The molecule has 0 unspecified atom stereocenters. The number of aromatic nitrogens is 3. The topological polar surface area (TPSA) is 80.0 Å². The molecular weight excluding hydrogens is 408 g/mol. The molecule has 0 atom stereocenters. The first-order valence-corrected chi connectivity index (χ1v) is 12.2. The molecule has 1 fully saturated rings. The first kappa shape index (κ1) is 21.8. The van der Waals surface area contributed by atoms with Crippen molar-refractivity contribution in [3.63, 3.8) is 0 Å². The van der Waals surface area contributed by atoms with Crippen LogP contribution in [0, 0.1) is 5.92 Å². The number of hydrogen-bond donors (Lipinski definition) is 2. The number of aryl methyl sites for hydroxylation is 1. The Balaban J connectivity index is 1.36. The zero-order valence-electron chi connectivity index (χ0n) is 19.7. The fourth-order valence-corrected chi connectivity index (χ4v) is 5.06. The minimum Gasteiger partial charge on any atom is -0.351 e. The Morgan fingerprint density at radius 2 is 1.82 bits per heavy atom. The van der Waals surface area contributed by atoms with Gasteiger partial charge < -0.3 is 16.0 Å². The van der Waals surface area contributed by atoms with Gasteiger partial charge in [-0.25, -0.2) is 9.97 Å². The van der Waals surface area contributed by atoms with Crippen LogP contribution in [0.1, 0.15) is 51.5 Å². The maximum absolute atomic E-state index is 6.61. The van der Waals surface area contributed by atoms with E-state index in [9.17, 15) is 0 Å². The highest BCUT2D eigenvalue weighted by atomic mass is 15.3. The Hall–Kier alpha value is -2.99. The van der Waals surface area contributed by atoms with Crippen molar-refractivity contribution in [2.24, 2.45) is 11.7 Å². The van der Waals surface area contributed by atoms with Crippen molar-refractivity contribution in [3.8, 4) is 11.3 Å². The average Bonchev–Trinajstić information content (AvgIpc) is 2.85. The summed E-state index contributed by atoms with van der Waals surface area (Å²) in [6.45, 7) is 5.37. The predicted molar refractivity (Wildman–Crippen MR) is 135 cm³/mol. The molecule has 0 spiro atoms. The van der Waals surface area contributed by atoms with Gasteiger partial charge in [0.15, 0.2) is 0 Å². The number of anilines is 3. The van der Waals surface area contributed by atoms with E-state index in [1.165, 1.54) is 5.56 Å². The molecule has 3 N–H and O–H groups in total. The van der Waals surface area contributed by atoms with Crippen molar-refractivity contribution < 1.29 is 0 Å². The molecule has 3 heterocycles. The monoisotopic (exact) mass is 442 g/mol. The molecule has 172 valence electrons. The normalized spacial score (nSPS) is 22.8. The lowest BCUT2D eigenvalue weighted by Gasteiger charge is -2.40. The zero-order valence-corrected chi connectivity index (χ0v) is 19.7. The third-order valence-corrected chi connectivity index (χ3v) is 7.43. The summed E-state index contributed by atoms with van der Waals surface area (Å²) in [4.78, 5) is 16.7. The summed E-state index contributed by atoms with van der Waals surface area (Å²) in [6.07, 6.45) is 8.16. The van der Waals surface area contributed by atoms with Gasteiger partial charge in [-0.2, -0.15) is 4.98 Å². The summed E-state index contributed by atoms with van der Waals surface area (Å²) >= 11 is 0. The highest BCUT2D eigenvalue weighted by Crippen LogP contribution is 2.35. The minimum absolute atomic E-state index is 0.0411. The molecule has 33 heavy (non-hydrogen) atoms. The molecule has 3 aromatic rings. The van der Waals surface area contributed by atoms with Crippen LogP contribution in [0.5, 0.6) is 0 Å². The molecule has 2 aliphatic rings. The number of pyridine rings is 1. The van der Waals surface area contributed by atoms with Crippen LogP contribution in [0.4, 0.5) is 17.6 Å². The highest BCUT2D eigenvalue weighted by Gasteiger charge is 2.34. The number of nitrogens with two attached hydrogens (primary N) is 1. The minimum atomic E-state index is -0.0411. The Bertz CT molecular complexity index is 1090. The molecule has 0 saturated heterocycles. The van der Waals surface area contributed by atoms with Gasteiger partial charge in [0.25, 0.3) is 0 Å². The van der Waals surface area contributed by atoms with E-state index in [2.05, 4.69) is 65.4 Å². The van der Waals surface area contributed by atoms with Gasteiger partial charge in [0.2, 0.25) is 5.95 Å². The molecule has 6 heteroatoms. The van der Waals surface area contributed by atoms with E-state index in [0.717, 1.165) is 68.0 Å². The number of nitrogens with zero attached hydrogens (tertiary/aromatic N) is 4. The van der Waals surface area contributed by atoms with Crippen LogP contribution in [0.3, 0.4) is 0 Å². The lowest BCUT2D eigenvalue weighted by Crippen LogP contribution is -2.49. The molecule has 2 aromatic heterocycles. The smallest absolute Gasteiger partial charge is 0.224 e. The second-order valence-electron chi connectivity index (χ2n) is 9.85. The summed E-state index contributed by atoms with van der Waals surface area (Å²) in [5.41, 5.74) is 9.96. The van der Waals surface area contributed by atoms with E-state index in [0.29, 0.717) is 17.9 Å².